The minimum atomic E-state index is 0.399. The molecule has 0 fully saturated rings. The van der Waals surface area contributed by atoms with Gasteiger partial charge < -0.3 is 8.94 Å². The smallest absolute Gasteiger partial charge is 0.280 e. The molecule has 0 aliphatic heterocycles. The lowest BCUT2D eigenvalue weighted by atomic mass is 10.4. The highest BCUT2D eigenvalue weighted by atomic mass is 32.2. The Morgan fingerprint density at radius 3 is 2.85 bits per heavy atom. The van der Waals surface area contributed by atoms with E-state index in [-0.39, 0.29) is 0 Å². The van der Waals surface area contributed by atoms with Gasteiger partial charge in [-0.25, -0.2) is 4.98 Å². The highest BCUT2D eigenvalue weighted by Crippen LogP contribution is 2.21. The Morgan fingerprint density at radius 2 is 2.31 bits per heavy atom. The van der Waals surface area contributed by atoms with E-state index in [2.05, 4.69) is 15.1 Å². The zero-order chi connectivity index (χ0) is 9.26. The minimum absolute atomic E-state index is 0.399. The van der Waals surface area contributed by atoms with E-state index in [4.69, 9.17) is 8.94 Å². The van der Waals surface area contributed by atoms with E-state index in [1.807, 2.05) is 6.26 Å². The minimum Gasteiger partial charge on any atom is -0.448 e. The maximum absolute atomic E-state index is 5.02. The summed E-state index contributed by atoms with van der Waals surface area (Å²) in [4.78, 5) is 8.06. The molecule has 6 heteroatoms. The number of oxazole rings is 1. The predicted molar refractivity (Wildman–Crippen MR) is 46.3 cm³/mol. The van der Waals surface area contributed by atoms with E-state index in [9.17, 15) is 0 Å². The van der Waals surface area contributed by atoms with Crippen LogP contribution >= 0.6 is 11.8 Å². The number of aryl methyl sites for hydroxylation is 1. The Labute approximate surface area is 78.5 Å². The van der Waals surface area contributed by atoms with Crippen molar-refractivity contribution < 1.29 is 8.94 Å². The molecular formula is C7H7N3O2S. The molecule has 2 aromatic heterocycles. The molecule has 2 heterocycles. The van der Waals surface area contributed by atoms with Crippen LogP contribution in [0.5, 0.6) is 0 Å². The Kier molecular flexibility index (Phi) is 2.05. The number of rotatable bonds is 2. The Balaban J connectivity index is 2.41. The molecule has 0 aliphatic rings. The molecular weight excluding hydrogens is 190 g/mol. The first-order valence-corrected chi connectivity index (χ1v) is 4.82. The molecule has 0 spiro atoms. The summed E-state index contributed by atoms with van der Waals surface area (Å²) in [6.45, 7) is 1.80. The summed E-state index contributed by atoms with van der Waals surface area (Å²) in [5, 5.41) is 4.32. The zero-order valence-electron chi connectivity index (χ0n) is 7.14. The first-order chi connectivity index (χ1) is 6.31. The number of hydrogen-bond donors (Lipinski definition) is 0. The number of nitrogens with zero attached hydrogens (tertiary/aromatic N) is 3. The van der Waals surface area contributed by atoms with Crippen molar-refractivity contribution in [1.29, 1.82) is 0 Å². The summed E-state index contributed by atoms with van der Waals surface area (Å²) in [5.41, 5.74) is 0.604. The lowest BCUT2D eigenvalue weighted by Gasteiger charge is -1.85. The van der Waals surface area contributed by atoms with Gasteiger partial charge in [-0.1, -0.05) is 11.8 Å². The highest BCUT2D eigenvalue weighted by Gasteiger charge is 2.13. The average molecular weight is 197 g/mol. The van der Waals surface area contributed by atoms with Gasteiger partial charge in [-0.2, -0.15) is 4.98 Å². The molecule has 0 bridgehead atoms. The fourth-order valence-electron chi connectivity index (χ4n) is 0.900. The third-order valence-electron chi connectivity index (χ3n) is 1.54. The lowest BCUT2D eigenvalue weighted by Crippen LogP contribution is -1.79. The SMILES string of the molecule is CSc1noc(-c2ncoc2C)n1. The molecule has 2 rings (SSSR count). The molecule has 2 aromatic rings. The van der Waals surface area contributed by atoms with Crippen molar-refractivity contribution in [3.63, 3.8) is 0 Å². The first-order valence-electron chi connectivity index (χ1n) is 3.59. The molecule has 0 unspecified atom stereocenters. The maximum atomic E-state index is 5.02. The Hall–Kier alpha value is -1.30. The van der Waals surface area contributed by atoms with Crippen LogP contribution in [0.4, 0.5) is 0 Å². The molecule has 0 aromatic carbocycles. The quantitative estimate of drug-likeness (QED) is 0.683. The van der Waals surface area contributed by atoms with Gasteiger partial charge in [-0.15, -0.1) is 0 Å². The normalized spacial score (nSPS) is 10.6. The summed E-state index contributed by atoms with van der Waals surface area (Å²) in [6.07, 6.45) is 3.23. The summed E-state index contributed by atoms with van der Waals surface area (Å²) < 4.78 is 9.99. The van der Waals surface area contributed by atoms with E-state index in [0.717, 1.165) is 0 Å². The fourth-order valence-corrected chi connectivity index (χ4v) is 1.19. The van der Waals surface area contributed by atoms with E-state index < -0.39 is 0 Å². The van der Waals surface area contributed by atoms with Crippen molar-refractivity contribution in [2.75, 3.05) is 6.26 Å². The summed E-state index contributed by atoms with van der Waals surface area (Å²) in [5.74, 6) is 1.08. The molecule has 0 N–H and O–H groups in total. The maximum Gasteiger partial charge on any atom is 0.280 e. The second-order valence-corrected chi connectivity index (χ2v) is 3.12. The van der Waals surface area contributed by atoms with Crippen LogP contribution in [-0.4, -0.2) is 21.4 Å². The predicted octanol–water partition coefficient (Wildman–Crippen LogP) is 1.75. The van der Waals surface area contributed by atoms with Gasteiger partial charge in [-0.3, -0.25) is 0 Å². The molecule has 0 aliphatic carbocycles. The number of aromatic nitrogens is 3. The Morgan fingerprint density at radius 1 is 1.46 bits per heavy atom. The van der Waals surface area contributed by atoms with Gasteiger partial charge in [0, 0.05) is 0 Å². The molecule has 13 heavy (non-hydrogen) atoms. The molecule has 5 nitrogen and oxygen atoms in total. The summed E-state index contributed by atoms with van der Waals surface area (Å²) in [7, 11) is 0. The lowest BCUT2D eigenvalue weighted by molar-refractivity contribution is 0.413. The Bertz CT molecular complexity index is 409. The monoisotopic (exact) mass is 197 g/mol. The van der Waals surface area contributed by atoms with E-state index in [1.165, 1.54) is 18.2 Å². The van der Waals surface area contributed by atoms with Crippen molar-refractivity contribution in [1.82, 2.24) is 15.1 Å². The van der Waals surface area contributed by atoms with E-state index in [1.54, 1.807) is 6.92 Å². The van der Waals surface area contributed by atoms with Crippen LogP contribution in [0.25, 0.3) is 11.6 Å². The topological polar surface area (TPSA) is 65.0 Å². The third-order valence-corrected chi connectivity index (χ3v) is 2.07. The van der Waals surface area contributed by atoms with Gasteiger partial charge in [-0.05, 0) is 18.3 Å². The van der Waals surface area contributed by atoms with Gasteiger partial charge >= 0.3 is 0 Å². The van der Waals surface area contributed by atoms with Crippen molar-refractivity contribution in [3.8, 4) is 11.6 Å². The number of hydrogen-bond acceptors (Lipinski definition) is 6. The van der Waals surface area contributed by atoms with E-state index in [0.29, 0.717) is 22.5 Å². The van der Waals surface area contributed by atoms with Crippen LogP contribution in [-0.2, 0) is 0 Å². The van der Waals surface area contributed by atoms with Crippen LogP contribution < -0.4 is 0 Å². The van der Waals surface area contributed by atoms with Crippen molar-refractivity contribution in [3.05, 3.63) is 12.2 Å². The average Bonchev–Trinajstić information content (AvgIpc) is 2.71. The molecule has 0 saturated carbocycles. The summed E-state index contributed by atoms with van der Waals surface area (Å²) in [6, 6.07) is 0. The van der Waals surface area contributed by atoms with Crippen LogP contribution in [0.1, 0.15) is 5.76 Å². The second kappa shape index (κ2) is 3.21. The first kappa shape index (κ1) is 8.31. The highest BCUT2D eigenvalue weighted by molar-refractivity contribution is 7.98. The largest absolute Gasteiger partial charge is 0.448 e. The van der Waals surface area contributed by atoms with Crippen LogP contribution in [0.2, 0.25) is 0 Å². The van der Waals surface area contributed by atoms with Gasteiger partial charge in [0.1, 0.15) is 5.76 Å². The van der Waals surface area contributed by atoms with Gasteiger partial charge in [0.05, 0.1) is 0 Å². The summed E-state index contributed by atoms with van der Waals surface area (Å²) >= 11 is 1.42. The van der Waals surface area contributed by atoms with Crippen molar-refractivity contribution >= 4 is 11.8 Å². The van der Waals surface area contributed by atoms with Gasteiger partial charge in [0.15, 0.2) is 12.1 Å². The van der Waals surface area contributed by atoms with Gasteiger partial charge in [0.2, 0.25) is 5.16 Å². The fraction of sp³-hybridized carbons (Fsp3) is 0.286. The van der Waals surface area contributed by atoms with Crippen LogP contribution in [0, 0.1) is 6.92 Å². The van der Waals surface area contributed by atoms with Crippen LogP contribution in [0.15, 0.2) is 20.5 Å². The molecule has 0 amide bonds. The van der Waals surface area contributed by atoms with Gasteiger partial charge in [0.25, 0.3) is 5.89 Å². The standard InChI is InChI=1S/C7H7N3O2S/c1-4-5(8-3-11-4)6-9-7(13-2)10-12-6/h3H,1-2H3. The number of thioether (sulfide) groups is 1. The van der Waals surface area contributed by atoms with Crippen molar-refractivity contribution in [2.45, 2.75) is 12.1 Å². The third kappa shape index (κ3) is 1.44. The van der Waals surface area contributed by atoms with Crippen LogP contribution in [0.3, 0.4) is 0 Å². The molecule has 0 atom stereocenters. The zero-order valence-corrected chi connectivity index (χ0v) is 7.96. The molecule has 0 saturated heterocycles. The van der Waals surface area contributed by atoms with Crippen molar-refractivity contribution in [2.24, 2.45) is 0 Å². The van der Waals surface area contributed by atoms with E-state index >= 15 is 0 Å². The second-order valence-electron chi connectivity index (χ2n) is 2.34. The molecule has 0 radical (unpaired) electrons. The molecule has 68 valence electrons.